The van der Waals surface area contributed by atoms with E-state index >= 15 is 0 Å². The normalized spacial score (nSPS) is 11.6. The van der Waals surface area contributed by atoms with Crippen LogP contribution in [0.3, 0.4) is 0 Å². The number of nitro benzene ring substituents is 1. The molecule has 1 rings (SSSR count). The van der Waals surface area contributed by atoms with Gasteiger partial charge in [-0.1, -0.05) is 6.07 Å². The monoisotopic (exact) mass is 316 g/mol. The zero-order valence-electron chi connectivity index (χ0n) is 12.3. The smallest absolute Gasteiger partial charge is 0.311 e. The Morgan fingerprint density at radius 3 is 2.57 bits per heavy atom. The highest BCUT2D eigenvalue weighted by Crippen LogP contribution is 2.28. The number of sulfone groups is 1. The molecule has 1 aromatic carbocycles. The van der Waals surface area contributed by atoms with Crippen LogP contribution in [-0.2, 0) is 16.4 Å². The summed E-state index contributed by atoms with van der Waals surface area (Å²) in [7, 11) is -1.48. The van der Waals surface area contributed by atoms with Gasteiger partial charge >= 0.3 is 5.69 Å². The van der Waals surface area contributed by atoms with Crippen LogP contribution < -0.4 is 10.1 Å². The summed E-state index contributed by atoms with van der Waals surface area (Å²) in [6.45, 7) is 3.57. The van der Waals surface area contributed by atoms with Crippen LogP contribution in [0.4, 0.5) is 5.69 Å². The summed E-state index contributed by atoms with van der Waals surface area (Å²) in [5.74, 6) is -0.0843. The van der Waals surface area contributed by atoms with Crippen molar-refractivity contribution in [2.45, 2.75) is 25.6 Å². The molecule has 0 aliphatic carbocycles. The van der Waals surface area contributed by atoms with Crippen LogP contribution in [0.2, 0.25) is 0 Å². The molecule has 1 N–H and O–H groups in total. The van der Waals surface area contributed by atoms with Crippen LogP contribution >= 0.6 is 0 Å². The largest absolute Gasteiger partial charge is 0.486 e. The number of nitro groups is 1. The molecule has 0 heterocycles. The summed E-state index contributed by atoms with van der Waals surface area (Å²) < 4.78 is 28.6. The predicted molar refractivity (Wildman–Crippen MR) is 80.3 cm³/mol. The van der Waals surface area contributed by atoms with E-state index in [1.165, 1.54) is 12.1 Å². The average Bonchev–Trinajstić information content (AvgIpc) is 2.40. The molecule has 0 aliphatic heterocycles. The Balaban J connectivity index is 2.81. The van der Waals surface area contributed by atoms with E-state index in [-0.39, 0.29) is 23.8 Å². The highest BCUT2D eigenvalue weighted by molar-refractivity contribution is 7.91. The van der Waals surface area contributed by atoms with E-state index in [9.17, 15) is 18.5 Å². The van der Waals surface area contributed by atoms with Gasteiger partial charge in [-0.2, -0.15) is 0 Å². The Morgan fingerprint density at radius 2 is 2.05 bits per heavy atom. The van der Waals surface area contributed by atoms with Gasteiger partial charge in [0.25, 0.3) is 0 Å². The van der Waals surface area contributed by atoms with Crippen molar-refractivity contribution in [3.63, 3.8) is 0 Å². The lowest BCUT2D eigenvalue weighted by Gasteiger charge is -2.10. The molecule has 0 saturated carbocycles. The SMILES string of the molecule is CNCc1ccc(OCCS(=O)(=O)C(C)C)c([N+](=O)[O-])c1. The van der Waals surface area contributed by atoms with Crippen LogP contribution in [0.15, 0.2) is 18.2 Å². The first-order valence-corrected chi connectivity index (χ1v) is 8.25. The number of ether oxygens (including phenoxy) is 1. The molecule has 0 atom stereocenters. The molecule has 0 aliphatic rings. The maximum Gasteiger partial charge on any atom is 0.311 e. The van der Waals surface area contributed by atoms with Gasteiger partial charge in [0.05, 0.1) is 15.9 Å². The lowest BCUT2D eigenvalue weighted by atomic mass is 10.2. The fraction of sp³-hybridized carbons (Fsp3) is 0.538. The quantitative estimate of drug-likeness (QED) is 0.576. The Kier molecular flexibility index (Phi) is 6.10. The van der Waals surface area contributed by atoms with Gasteiger partial charge in [-0.25, -0.2) is 8.42 Å². The van der Waals surface area contributed by atoms with Gasteiger partial charge in [0.1, 0.15) is 6.61 Å². The first-order chi connectivity index (χ1) is 9.77. The van der Waals surface area contributed by atoms with Gasteiger partial charge in [0.15, 0.2) is 15.6 Å². The standard InChI is InChI=1S/C13H20N2O5S/c1-10(2)21(18,19)7-6-20-13-5-4-11(9-14-3)8-12(13)15(16)17/h4-5,8,10,14H,6-7,9H2,1-3H3. The molecule has 0 saturated heterocycles. The summed E-state index contributed by atoms with van der Waals surface area (Å²) >= 11 is 0. The molecule has 8 heteroatoms. The summed E-state index contributed by atoms with van der Waals surface area (Å²) in [6.07, 6.45) is 0. The fourth-order valence-electron chi connectivity index (χ4n) is 1.65. The number of benzene rings is 1. The fourth-order valence-corrected chi connectivity index (χ4v) is 2.43. The molecular formula is C13H20N2O5S. The van der Waals surface area contributed by atoms with E-state index in [1.807, 2.05) is 0 Å². The minimum absolute atomic E-state index is 0.0822. The number of nitrogens with zero attached hydrogens (tertiary/aromatic N) is 1. The summed E-state index contributed by atoms with van der Waals surface area (Å²) in [6, 6.07) is 4.62. The van der Waals surface area contributed by atoms with Gasteiger partial charge in [-0.05, 0) is 32.5 Å². The van der Waals surface area contributed by atoms with E-state index in [4.69, 9.17) is 4.74 Å². The summed E-state index contributed by atoms with van der Waals surface area (Å²) in [4.78, 5) is 10.5. The van der Waals surface area contributed by atoms with Gasteiger partial charge in [-0.3, -0.25) is 10.1 Å². The minimum Gasteiger partial charge on any atom is -0.486 e. The van der Waals surface area contributed by atoms with Crippen LogP contribution in [0.5, 0.6) is 5.75 Å². The van der Waals surface area contributed by atoms with Crippen molar-refractivity contribution in [1.82, 2.24) is 5.32 Å². The van der Waals surface area contributed by atoms with E-state index in [1.54, 1.807) is 27.0 Å². The van der Waals surface area contributed by atoms with E-state index < -0.39 is 20.0 Å². The van der Waals surface area contributed by atoms with E-state index in [2.05, 4.69) is 5.32 Å². The Labute approximate surface area is 124 Å². The molecule has 0 amide bonds. The number of rotatable bonds is 8. The third-order valence-electron chi connectivity index (χ3n) is 2.94. The molecular weight excluding hydrogens is 296 g/mol. The van der Waals surface area contributed by atoms with Gasteiger partial charge in [0, 0.05) is 12.6 Å². The number of hydrogen-bond acceptors (Lipinski definition) is 6. The molecule has 7 nitrogen and oxygen atoms in total. The maximum absolute atomic E-state index is 11.7. The second-order valence-electron chi connectivity index (χ2n) is 4.85. The molecule has 0 radical (unpaired) electrons. The van der Waals surface area contributed by atoms with Crippen LogP contribution in [0.25, 0.3) is 0 Å². The lowest BCUT2D eigenvalue weighted by Crippen LogP contribution is -2.22. The first kappa shape index (κ1) is 17.4. The van der Waals surface area contributed by atoms with Crippen LogP contribution in [0.1, 0.15) is 19.4 Å². The Bertz CT molecular complexity index is 599. The van der Waals surface area contributed by atoms with E-state index in [0.717, 1.165) is 5.56 Å². The van der Waals surface area contributed by atoms with Crippen molar-refractivity contribution >= 4 is 15.5 Å². The van der Waals surface area contributed by atoms with Gasteiger partial charge in [-0.15, -0.1) is 0 Å². The summed E-state index contributed by atoms with van der Waals surface area (Å²) in [5.41, 5.74) is 0.594. The Morgan fingerprint density at radius 1 is 1.38 bits per heavy atom. The number of hydrogen-bond donors (Lipinski definition) is 1. The predicted octanol–water partition coefficient (Wildman–Crippen LogP) is 1.52. The van der Waals surface area contributed by atoms with Gasteiger partial charge < -0.3 is 10.1 Å². The molecule has 1 aromatic rings. The summed E-state index contributed by atoms with van der Waals surface area (Å²) in [5, 5.41) is 13.4. The number of nitrogens with one attached hydrogen (secondary N) is 1. The zero-order chi connectivity index (χ0) is 16.0. The third-order valence-corrected chi connectivity index (χ3v) is 5.12. The van der Waals surface area contributed by atoms with Crippen molar-refractivity contribution in [2.24, 2.45) is 0 Å². The third kappa shape index (κ3) is 4.98. The molecule has 0 fully saturated rings. The van der Waals surface area contributed by atoms with Crippen molar-refractivity contribution in [1.29, 1.82) is 0 Å². The molecule has 21 heavy (non-hydrogen) atoms. The zero-order valence-corrected chi connectivity index (χ0v) is 13.1. The van der Waals surface area contributed by atoms with Crippen molar-refractivity contribution in [3.05, 3.63) is 33.9 Å². The Hall–Kier alpha value is -1.67. The average molecular weight is 316 g/mol. The van der Waals surface area contributed by atoms with Gasteiger partial charge in [0.2, 0.25) is 0 Å². The highest BCUT2D eigenvalue weighted by Gasteiger charge is 2.19. The molecule has 0 aromatic heterocycles. The van der Waals surface area contributed by atoms with Crippen molar-refractivity contribution in [2.75, 3.05) is 19.4 Å². The highest BCUT2D eigenvalue weighted by atomic mass is 32.2. The maximum atomic E-state index is 11.7. The lowest BCUT2D eigenvalue weighted by molar-refractivity contribution is -0.385. The van der Waals surface area contributed by atoms with Crippen molar-refractivity contribution in [3.8, 4) is 5.75 Å². The minimum atomic E-state index is -3.22. The second kappa shape index (κ2) is 7.37. The first-order valence-electron chi connectivity index (χ1n) is 6.54. The molecule has 0 unspecified atom stereocenters. The molecule has 0 bridgehead atoms. The molecule has 0 spiro atoms. The molecule has 118 valence electrons. The topological polar surface area (TPSA) is 98.5 Å². The van der Waals surface area contributed by atoms with E-state index in [0.29, 0.717) is 6.54 Å². The van der Waals surface area contributed by atoms with Crippen molar-refractivity contribution < 1.29 is 18.1 Å². The second-order valence-corrected chi connectivity index (χ2v) is 7.53. The van der Waals surface area contributed by atoms with Crippen LogP contribution in [-0.4, -0.2) is 38.0 Å². The van der Waals surface area contributed by atoms with Crippen LogP contribution in [0, 0.1) is 10.1 Å².